The van der Waals surface area contributed by atoms with Crippen LogP contribution in [0.3, 0.4) is 0 Å². The molecule has 2 aromatic carbocycles. The third-order valence-electron chi connectivity index (χ3n) is 4.08. The van der Waals surface area contributed by atoms with E-state index in [-0.39, 0.29) is 0 Å². The van der Waals surface area contributed by atoms with Gasteiger partial charge in [-0.25, -0.2) is 0 Å². The van der Waals surface area contributed by atoms with E-state index >= 15 is 0 Å². The summed E-state index contributed by atoms with van der Waals surface area (Å²) < 4.78 is 5.91. The predicted octanol–water partition coefficient (Wildman–Crippen LogP) is 6.07. The molecular formula is C20H28O. The van der Waals surface area contributed by atoms with E-state index in [1.165, 1.54) is 30.0 Å². The third-order valence-corrected chi connectivity index (χ3v) is 4.08. The topological polar surface area (TPSA) is 9.23 Å². The third kappa shape index (κ3) is 5.41. The maximum absolute atomic E-state index is 5.91. The summed E-state index contributed by atoms with van der Waals surface area (Å²) in [5.41, 5.74) is 0. The van der Waals surface area contributed by atoms with Crippen molar-refractivity contribution in [3.8, 4) is 5.75 Å². The molecule has 0 fully saturated rings. The number of hydrogen-bond acceptors (Lipinski definition) is 1. The van der Waals surface area contributed by atoms with Gasteiger partial charge in [0.05, 0.1) is 6.61 Å². The number of ether oxygens (including phenoxy) is 1. The van der Waals surface area contributed by atoms with Crippen molar-refractivity contribution < 1.29 is 4.74 Å². The monoisotopic (exact) mass is 284 g/mol. The molecule has 1 atom stereocenters. The summed E-state index contributed by atoms with van der Waals surface area (Å²) in [6, 6.07) is 14.8. The fraction of sp³-hybridized carbons (Fsp3) is 0.500. The molecule has 2 rings (SSSR count). The minimum absolute atomic E-state index is 0.754. The van der Waals surface area contributed by atoms with Gasteiger partial charge < -0.3 is 4.74 Å². The summed E-state index contributed by atoms with van der Waals surface area (Å²) in [5.74, 6) is 2.57. The molecule has 21 heavy (non-hydrogen) atoms. The fourth-order valence-corrected chi connectivity index (χ4v) is 2.65. The van der Waals surface area contributed by atoms with Crippen LogP contribution in [0.15, 0.2) is 42.5 Å². The van der Waals surface area contributed by atoms with Crippen LogP contribution in [0.5, 0.6) is 5.75 Å². The minimum Gasteiger partial charge on any atom is -0.494 e. The molecule has 0 aromatic heterocycles. The molecule has 0 aliphatic rings. The Hall–Kier alpha value is -1.50. The molecule has 0 saturated heterocycles. The Kier molecular flexibility index (Phi) is 6.10. The highest BCUT2D eigenvalue weighted by Gasteiger charge is 2.04. The van der Waals surface area contributed by atoms with Gasteiger partial charge in [0.25, 0.3) is 0 Å². The van der Waals surface area contributed by atoms with Crippen LogP contribution in [-0.4, -0.2) is 6.61 Å². The Labute approximate surface area is 129 Å². The Morgan fingerprint density at radius 2 is 1.62 bits per heavy atom. The maximum Gasteiger partial charge on any atom is 0.119 e. The van der Waals surface area contributed by atoms with Gasteiger partial charge in [-0.1, -0.05) is 70.4 Å². The summed E-state index contributed by atoms with van der Waals surface area (Å²) in [5, 5.41) is 2.52. The molecule has 0 spiro atoms. The van der Waals surface area contributed by atoms with Gasteiger partial charge in [0.2, 0.25) is 0 Å². The first kappa shape index (κ1) is 15.9. The lowest BCUT2D eigenvalue weighted by atomic mass is 9.98. The first-order chi connectivity index (χ1) is 10.1. The minimum atomic E-state index is 0.754. The van der Waals surface area contributed by atoms with Crippen LogP contribution >= 0.6 is 0 Å². The van der Waals surface area contributed by atoms with Gasteiger partial charge in [0.15, 0.2) is 0 Å². The quantitative estimate of drug-likeness (QED) is 0.571. The Bertz CT molecular complexity index is 544. The van der Waals surface area contributed by atoms with Gasteiger partial charge in [0, 0.05) is 0 Å². The Balaban J connectivity index is 1.74. The summed E-state index contributed by atoms with van der Waals surface area (Å²) in [6.45, 7) is 7.76. The second kappa shape index (κ2) is 8.07. The van der Waals surface area contributed by atoms with Crippen LogP contribution in [0.2, 0.25) is 0 Å². The van der Waals surface area contributed by atoms with Crippen molar-refractivity contribution in [1.82, 2.24) is 0 Å². The highest BCUT2D eigenvalue weighted by atomic mass is 16.5. The molecule has 1 unspecified atom stereocenters. The van der Waals surface area contributed by atoms with E-state index in [0.29, 0.717) is 0 Å². The van der Waals surface area contributed by atoms with E-state index in [0.717, 1.165) is 30.6 Å². The summed E-state index contributed by atoms with van der Waals surface area (Å²) >= 11 is 0. The average Bonchev–Trinajstić information content (AvgIpc) is 2.47. The lowest BCUT2D eigenvalue weighted by Crippen LogP contribution is -2.04. The molecule has 0 radical (unpaired) electrons. The number of benzene rings is 2. The Morgan fingerprint density at radius 1 is 0.857 bits per heavy atom. The molecular weight excluding hydrogens is 256 g/mol. The van der Waals surface area contributed by atoms with Crippen molar-refractivity contribution in [3.63, 3.8) is 0 Å². The normalized spacial score (nSPS) is 12.8. The highest BCUT2D eigenvalue weighted by Crippen LogP contribution is 2.21. The molecule has 114 valence electrons. The highest BCUT2D eigenvalue weighted by molar-refractivity contribution is 5.83. The molecule has 1 nitrogen and oxygen atoms in total. The Morgan fingerprint density at radius 3 is 2.38 bits per heavy atom. The molecule has 0 heterocycles. The molecule has 0 aliphatic carbocycles. The van der Waals surface area contributed by atoms with Crippen LogP contribution in [0.25, 0.3) is 10.8 Å². The van der Waals surface area contributed by atoms with E-state index < -0.39 is 0 Å². The molecule has 0 saturated carbocycles. The second-order valence-electron chi connectivity index (χ2n) is 6.58. The van der Waals surface area contributed by atoms with Crippen LogP contribution in [0.1, 0.15) is 46.5 Å². The van der Waals surface area contributed by atoms with E-state index in [4.69, 9.17) is 4.74 Å². The number of hydrogen-bond donors (Lipinski definition) is 0. The smallest absolute Gasteiger partial charge is 0.119 e. The molecule has 0 amide bonds. The van der Waals surface area contributed by atoms with Crippen LogP contribution in [-0.2, 0) is 0 Å². The summed E-state index contributed by atoms with van der Waals surface area (Å²) in [4.78, 5) is 0. The van der Waals surface area contributed by atoms with Crippen molar-refractivity contribution in [2.24, 2.45) is 11.8 Å². The fourth-order valence-electron chi connectivity index (χ4n) is 2.65. The molecule has 0 bridgehead atoms. The lowest BCUT2D eigenvalue weighted by molar-refractivity contribution is 0.276. The molecule has 1 heteroatoms. The van der Waals surface area contributed by atoms with Crippen molar-refractivity contribution in [2.45, 2.75) is 46.5 Å². The lowest BCUT2D eigenvalue weighted by Gasteiger charge is -2.13. The molecule has 2 aromatic rings. The van der Waals surface area contributed by atoms with Crippen LogP contribution < -0.4 is 4.74 Å². The van der Waals surface area contributed by atoms with Crippen molar-refractivity contribution in [1.29, 1.82) is 0 Å². The van der Waals surface area contributed by atoms with Gasteiger partial charge in [0.1, 0.15) is 5.75 Å². The van der Waals surface area contributed by atoms with E-state index in [1.807, 2.05) is 0 Å². The van der Waals surface area contributed by atoms with Gasteiger partial charge in [-0.05, 0) is 41.2 Å². The second-order valence-corrected chi connectivity index (χ2v) is 6.58. The van der Waals surface area contributed by atoms with Gasteiger partial charge in [-0.2, -0.15) is 0 Å². The summed E-state index contributed by atoms with van der Waals surface area (Å²) in [6.07, 6.45) is 5.15. The molecule has 0 aliphatic heterocycles. The zero-order valence-corrected chi connectivity index (χ0v) is 13.6. The largest absolute Gasteiger partial charge is 0.494 e. The summed E-state index contributed by atoms with van der Waals surface area (Å²) in [7, 11) is 0. The SMILES string of the molecule is CC(C)CCCC(C)CCOc1ccc2ccccc2c1. The van der Waals surface area contributed by atoms with E-state index in [2.05, 4.69) is 63.2 Å². The first-order valence-corrected chi connectivity index (χ1v) is 8.26. The van der Waals surface area contributed by atoms with Crippen molar-refractivity contribution >= 4 is 10.8 Å². The van der Waals surface area contributed by atoms with E-state index in [9.17, 15) is 0 Å². The first-order valence-electron chi connectivity index (χ1n) is 8.26. The van der Waals surface area contributed by atoms with Gasteiger partial charge in [-0.3, -0.25) is 0 Å². The van der Waals surface area contributed by atoms with Crippen LogP contribution in [0, 0.1) is 11.8 Å². The zero-order chi connectivity index (χ0) is 15.1. The standard InChI is InChI=1S/C20H28O/c1-16(2)7-6-8-17(3)13-14-21-20-12-11-18-9-4-5-10-19(18)15-20/h4-5,9-12,15-17H,6-8,13-14H2,1-3H3. The van der Waals surface area contributed by atoms with Gasteiger partial charge >= 0.3 is 0 Å². The van der Waals surface area contributed by atoms with Crippen molar-refractivity contribution in [3.05, 3.63) is 42.5 Å². The maximum atomic E-state index is 5.91. The predicted molar refractivity (Wildman–Crippen MR) is 91.9 cm³/mol. The number of rotatable bonds is 8. The zero-order valence-electron chi connectivity index (χ0n) is 13.6. The van der Waals surface area contributed by atoms with Crippen LogP contribution in [0.4, 0.5) is 0 Å². The average molecular weight is 284 g/mol. The van der Waals surface area contributed by atoms with Crippen molar-refractivity contribution in [2.75, 3.05) is 6.61 Å². The van der Waals surface area contributed by atoms with E-state index in [1.54, 1.807) is 0 Å². The van der Waals surface area contributed by atoms with Gasteiger partial charge in [-0.15, -0.1) is 0 Å². The molecule has 0 N–H and O–H groups in total. The number of fused-ring (bicyclic) bond motifs is 1.